The fourth-order valence-electron chi connectivity index (χ4n) is 7.33. The number of rotatable bonds is 10. The van der Waals surface area contributed by atoms with E-state index in [0.29, 0.717) is 23.8 Å². The molecule has 1 saturated heterocycles. The molecule has 0 aromatic carbocycles. The van der Waals surface area contributed by atoms with Crippen molar-refractivity contribution >= 4 is 22.8 Å². The van der Waals surface area contributed by atoms with Crippen LogP contribution in [-0.4, -0.2) is 107 Å². The van der Waals surface area contributed by atoms with Crippen LogP contribution in [0.4, 0.5) is 5.82 Å². The van der Waals surface area contributed by atoms with Crippen molar-refractivity contribution in [1.82, 2.24) is 29.5 Å². The van der Waals surface area contributed by atoms with Gasteiger partial charge in [0.15, 0.2) is 5.65 Å². The molecule has 2 unspecified atom stereocenters. The Morgan fingerprint density at radius 3 is 2.45 bits per heavy atom. The van der Waals surface area contributed by atoms with E-state index in [2.05, 4.69) is 50.1 Å². The number of hydrogen-bond acceptors (Lipinski definition) is 8. The van der Waals surface area contributed by atoms with Gasteiger partial charge in [-0.05, 0) is 77.6 Å². The molecule has 0 spiro atoms. The predicted molar refractivity (Wildman–Crippen MR) is 166 cm³/mol. The first-order valence-corrected chi connectivity index (χ1v) is 16.2. The Morgan fingerprint density at radius 2 is 1.76 bits per heavy atom. The fraction of sp³-hybridized carbons (Fsp3) is 0.812. The first kappa shape index (κ1) is 31.1. The quantitative estimate of drug-likeness (QED) is 0.411. The van der Waals surface area contributed by atoms with Gasteiger partial charge >= 0.3 is 0 Å². The van der Waals surface area contributed by atoms with E-state index in [1.165, 1.54) is 12.8 Å². The molecule has 234 valence electrons. The Morgan fingerprint density at radius 1 is 1.00 bits per heavy atom. The lowest BCUT2D eigenvalue weighted by molar-refractivity contribution is -0.137. The van der Waals surface area contributed by atoms with Crippen LogP contribution in [0.3, 0.4) is 0 Å². The van der Waals surface area contributed by atoms with Crippen molar-refractivity contribution in [1.29, 1.82) is 0 Å². The maximum absolute atomic E-state index is 13.5. The maximum atomic E-state index is 13.5. The molecule has 3 fully saturated rings. The molecule has 1 amide bonds. The van der Waals surface area contributed by atoms with Crippen LogP contribution in [0.5, 0.6) is 0 Å². The van der Waals surface area contributed by atoms with Crippen LogP contribution < -0.4 is 4.90 Å². The SMILES string of the molecule is COCCN(CC1CCC(C(=O)N2CCN(c3ncnc4c3cnn4CC3CCCC(OC)C3)CC2)CC1)C(C)(C)C. The van der Waals surface area contributed by atoms with Crippen molar-refractivity contribution in [3.8, 4) is 0 Å². The number of methoxy groups -OCH3 is 2. The summed E-state index contributed by atoms with van der Waals surface area (Å²) in [5.41, 5.74) is 1.03. The molecule has 3 heterocycles. The number of carbonyl (C=O) groups excluding carboxylic acids is 1. The number of fused-ring (bicyclic) bond motifs is 1. The van der Waals surface area contributed by atoms with Crippen LogP contribution in [0, 0.1) is 17.8 Å². The molecule has 2 atom stereocenters. The van der Waals surface area contributed by atoms with Gasteiger partial charge in [0.25, 0.3) is 0 Å². The first-order chi connectivity index (χ1) is 20.3. The predicted octanol–water partition coefficient (Wildman–Crippen LogP) is 4.23. The van der Waals surface area contributed by atoms with Crippen LogP contribution in [0.2, 0.25) is 0 Å². The third kappa shape index (κ3) is 7.42. The monoisotopic (exact) mass is 583 g/mol. The number of aromatic nitrogens is 4. The molecule has 2 saturated carbocycles. The summed E-state index contributed by atoms with van der Waals surface area (Å²) in [6.45, 7) is 13.6. The number of ether oxygens (including phenoxy) is 2. The van der Waals surface area contributed by atoms with Crippen molar-refractivity contribution in [2.75, 3.05) is 65.0 Å². The van der Waals surface area contributed by atoms with Gasteiger partial charge in [-0.25, -0.2) is 14.6 Å². The average Bonchev–Trinajstić information content (AvgIpc) is 3.41. The molecule has 10 nitrogen and oxygen atoms in total. The summed E-state index contributed by atoms with van der Waals surface area (Å²) in [6, 6.07) is 0. The Kier molecular flexibility index (Phi) is 10.4. The zero-order valence-electron chi connectivity index (χ0n) is 26.6. The molecule has 2 aliphatic carbocycles. The second kappa shape index (κ2) is 14.0. The molecule has 2 aromatic heterocycles. The Balaban J connectivity index is 1.12. The van der Waals surface area contributed by atoms with Crippen molar-refractivity contribution in [2.24, 2.45) is 17.8 Å². The Bertz CT molecular complexity index is 1150. The minimum atomic E-state index is 0.127. The summed E-state index contributed by atoms with van der Waals surface area (Å²) in [6.07, 6.45) is 12.9. The minimum Gasteiger partial charge on any atom is -0.383 e. The summed E-state index contributed by atoms with van der Waals surface area (Å²) in [5, 5.41) is 5.73. The third-order valence-corrected chi connectivity index (χ3v) is 9.99. The second-order valence-electron chi connectivity index (χ2n) is 13.8. The number of nitrogens with zero attached hydrogens (tertiary/aromatic N) is 7. The Labute approximate surface area is 252 Å². The van der Waals surface area contributed by atoms with E-state index < -0.39 is 0 Å². The van der Waals surface area contributed by atoms with E-state index in [9.17, 15) is 4.79 Å². The average molecular weight is 584 g/mol. The lowest BCUT2D eigenvalue weighted by Gasteiger charge is -2.41. The molecule has 2 aromatic rings. The van der Waals surface area contributed by atoms with Crippen molar-refractivity contribution < 1.29 is 14.3 Å². The maximum Gasteiger partial charge on any atom is 0.225 e. The van der Waals surface area contributed by atoms with E-state index in [-0.39, 0.29) is 11.5 Å². The topological polar surface area (TPSA) is 88.9 Å². The lowest BCUT2D eigenvalue weighted by atomic mass is 9.80. The van der Waals surface area contributed by atoms with Gasteiger partial charge in [0.05, 0.1) is 24.3 Å². The van der Waals surface area contributed by atoms with Crippen molar-refractivity contribution in [3.63, 3.8) is 0 Å². The minimum absolute atomic E-state index is 0.127. The number of anilines is 1. The van der Waals surface area contributed by atoms with Gasteiger partial charge in [0.1, 0.15) is 12.1 Å². The summed E-state index contributed by atoms with van der Waals surface area (Å²) < 4.78 is 13.0. The zero-order chi connectivity index (χ0) is 29.7. The van der Waals surface area contributed by atoms with Crippen LogP contribution >= 0.6 is 0 Å². The highest BCUT2D eigenvalue weighted by molar-refractivity contribution is 5.87. The highest BCUT2D eigenvalue weighted by Crippen LogP contribution is 2.33. The summed E-state index contributed by atoms with van der Waals surface area (Å²) in [7, 11) is 3.59. The highest BCUT2D eigenvalue weighted by Gasteiger charge is 2.33. The molecule has 10 heteroatoms. The Hall–Kier alpha value is -2.30. The standard InChI is InChI=1S/C32H53N7O3/c1-32(2,3)38(17-18-41-4)21-24-9-11-26(12-10-24)31(40)37-15-13-36(14-16-37)29-28-20-35-39(30(28)34-23-33-29)22-25-7-6-8-27(19-25)42-5/h20,23-27H,6-19,21-22H2,1-5H3. The fourth-order valence-corrected chi connectivity index (χ4v) is 7.33. The van der Waals surface area contributed by atoms with E-state index in [0.717, 1.165) is 108 Å². The van der Waals surface area contributed by atoms with Gasteiger partial charge in [0, 0.05) is 71.5 Å². The summed E-state index contributed by atoms with van der Waals surface area (Å²) >= 11 is 0. The normalized spacial score (nSPS) is 25.9. The molecule has 42 heavy (non-hydrogen) atoms. The smallest absolute Gasteiger partial charge is 0.225 e. The van der Waals surface area contributed by atoms with Gasteiger partial charge in [0.2, 0.25) is 5.91 Å². The van der Waals surface area contributed by atoms with E-state index in [4.69, 9.17) is 14.6 Å². The molecule has 5 rings (SSSR count). The van der Waals surface area contributed by atoms with Gasteiger partial charge in [-0.1, -0.05) is 6.42 Å². The molecule has 0 N–H and O–H groups in total. The number of amides is 1. The van der Waals surface area contributed by atoms with Crippen LogP contribution in [0.15, 0.2) is 12.5 Å². The van der Waals surface area contributed by atoms with E-state index in [1.807, 2.05) is 13.3 Å². The van der Waals surface area contributed by atoms with Crippen LogP contribution in [0.1, 0.15) is 72.1 Å². The number of piperazine rings is 1. The highest BCUT2D eigenvalue weighted by atomic mass is 16.5. The van der Waals surface area contributed by atoms with Crippen LogP contribution in [0.25, 0.3) is 11.0 Å². The number of hydrogen-bond donors (Lipinski definition) is 0. The van der Waals surface area contributed by atoms with E-state index >= 15 is 0 Å². The first-order valence-electron chi connectivity index (χ1n) is 16.2. The van der Waals surface area contributed by atoms with Gasteiger partial charge in [-0.2, -0.15) is 5.10 Å². The molecule has 0 bridgehead atoms. The van der Waals surface area contributed by atoms with Crippen molar-refractivity contribution in [2.45, 2.75) is 90.3 Å². The third-order valence-electron chi connectivity index (χ3n) is 9.99. The largest absolute Gasteiger partial charge is 0.383 e. The zero-order valence-corrected chi connectivity index (χ0v) is 26.6. The van der Waals surface area contributed by atoms with Gasteiger partial charge < -0.3 is 19.3 Å². The molecule has 0 radical (unpaired) electrons. The number of carbonyl (C=O) groups is 1. The van der Waals surface area contributed by atoms with Gasteiger partial charge in [-0.3, -0.25) is 9.69 Å². The van der Waals surface area contributed by atoms with E-state index in [1.54, 1.807) is 13.4 Å². The molecule has 3 aliphatic rings. The summed E-state index contributed by atoms with van der Waals surface area (Å²) in [4.78, 5) is 29.7. The lowest BCUT2D eigenvalue weighted by Crippen LogP contribution is -2.51. The van der Waals surface area contributed by atoms with Crippen molar-refractivity contribution in [3.05, 3.63) is 12.5 Å². The van der Waals surface area contributed by atoms with Crippen LogP contribution in [-0.2, 0) is 20.8 Å². The molecule has 1 aliphatic heterocycles. The van der Waals surface area contributed by atoms with Gasteiger partial charge in [-0.15, -0.1) is 0 Å². The molecular weight excluding hydrogens is 530 g/mol. The second-order valence-corrected chi connectivity index (χ2v) is 13.8. The summed E-state index contributed by atoms with van der Waals surface area (Å²) in [5.74, 6) is 2.67. The molecular formula is C32H53N7O3.